The zero-order chi connectivity index (χ0) is 13.0. The summed E-state index contributed by atoms with van der Waals surface area (Å²) in [7, 11) is 0. The Morgan fingerprint density at radius 3 is 2.33 bits per heavy atom. The summed E-state index contributed by atoms with van der Waals surface area (Å²) in [5.74, 6) is 1.05. The van der Waals surface area contributed by atoms with Gasteiger partial charge in [-0.2, -0.15) is 0 Å². The van der Waals surface area contributed by atoms with Gasteiger partial charge in [-0.1, -0.05) is 19.1 Å². The van der Waals surface area contributed by atoms with E-state index in [1.807, 2.05) is 12.1 Å². The maximum atomic E-state index is 12.9. The quantitative estimate of drug-likeness (QED) is 0.768. The van der Waals surface area contributed by atoms with Crippen LogP contribution < -0.4 is 0 Å². The van der Waals surface area contributed by atoms with E-state index >= 15 is 0 Å². The first-order valence-electron chi connectivity index (χ1n) is 6.99. The second-order valence-corrected chi connectivity index (χ2v) is 5.32. The molecular weight excluding hydrogens is 227 g/mol. The first-order chi connectivity index (χ1) is 8.70. The number of carbonyl (C=O) groups excluding carboxylic acids is 1. The lowest BCUT2D eigenvalue weighted by molar-refractivity contribution is -0.123. The predicted molar refractivity (Wildman–Crippen MR) is 71.0 cm³/mol. The third kappa shape index (κ3) is 3.18. The van der Waals surface area contributed by atoms with E-state index in [4.69, 9.17) is 0 Å². The molecule has 0 amide bonds. The minimum Gasteiger partial charge on any atom is -0.299 e. The van der Waals surface area contributed by atoms with Gasteiger partial charge in [0.2, 0.25) is 0 Å². The number of carbonyl (C=O) groups is 1. The summed E-state index contributed by atoms with van der Waals surface area (Å²) >= 11 is 0. The number of hydrogen-bond donors (Lipinski definition) is 0. The van der Waals surface area contributed by atoms with Crippen molar-refractivity contribution in [2.24, 2.45) is 5.92 Å². The maximum absolute atomic E-state index is 12.9. The summed E-state index contributed by atoms with van der Waals surface area (Å²) in [6, 6.07) is 6.83. The van der Waals surface area contributed by atoms with Gasteiger partial charge in [-0.15, -0.1) is 0 Å². The largest absolute Gasteiger partial charge is 0.299 e. The van der Waals surface area contributed by atoms with Crippen molar-refractivity contribution in [1.82, 2.24) is 0 Å². The van der Waals surface area contributed by atoms with Crippen LogP contribution in [0.1, 0.15) is 56.9 Å². The topological polar surface area (TPSA) is 17.1 Å². The molecule has 1 aromatic rings. The molecule has 1 aromatic carbocycles. The fourth-order valence-electron chi connectivity index (χ4n) is 2.93. The molecule has 2 heteroatoms. The summed E-state index contributed by atoms with van der Waals surface area (Å²) in [5.41, 5.74) is 1.22. The molecule has 0 bridgehead atoms. The monoisotopic (exact) mass is 248 g/mol. The van der Waals surface area contributed by atoms with Gasteiger partial charge in [-0.25, -0.2) is 4.39 Å². The molecule has 0 radical (unpaired) electrons. The Labute approximate surface area is 108 Å². The molecule has 1 nitrogen and oxygen atoms in total. The summed E-state index contributed by atoms with van der Waals surface area (Å²) in [4.78, 5) is 11.8. The Kier molecular flexibility index (Phi) is 4.51. The summed E-state index contributed by atoms with van der Waals surface area (Å²) in [5, 5.41) is 0. The molecule has 0 aliphatic heterocycles. The third-order valence-electron chi connectivity index (χ3n) is 4.02. The summed E-state index contributed by atoms with van der Waals surface area (Å²) in [6.45, 7) is 2.06. The lowest BCUT2D eigenvalue weighted by Gasteiger charge is -2.28. The molecule has 0 spiro atoms. The minimum absolute atomic E-state index is 0.175. The van der Waals surface area contributed by atoms with Crippen molar-refractivity contribution in [1.29, 1.82) is 0 Å². The average molecular weight is 248 g/mol. The fraction of sp³-hybridized carbons (Fsp3) is 0.562. The van der Waals surface area contributed by atoms with Crippen molar-refractivity contribution >= 4 is 5.78 Å². The van der Waals surface area contributed by atoms with E-state index < -0.39 is 0 Å². The van der Waals surface area contributed by atoms with E-state index in [9.17, 15) is 9.18 Å². The SMILES string of the molecule is CCCC(=O)C1CCC(c2ccc(F)cc2)CC1. The first kappa shape index (κ1) is 13.3. The van der Waals surface area contributed by atoms with E-state index in [1.165, 1.54) is 17.7 Å². The second-order valence-electron chi connectivity index (χ2n) is 5.32. The molecule has 1 aliphatic rings. The van der Waals surface area contributed by atoms with Crippen LogP contribution in [0.4, 0.5) is 4.39 Å². The van der Waals surface area contributed by atoms with Crippen molar-refractivity contribution in [3.05, 3.63) is 35.6 Å². The molecule has 1 aliphatic carbocycles. The molecule has 2 rings (SSSR count). The van der Waals surface area contributed by atoms with Crippen molar-refractivity contribution in [2.45, 2.75) is 51.4 Å². The van der Waals surface area contributed by atoms with Crippen LogP contribution in [0, 0.1) is 11.7 Å². The average Bonchev–Trinajstić information content (AvgIpc) is 2.40. The normalized spacial score (nSPS) is 23.9. The molecule has 1 fully saturated rings. The van der Waals surface area contributed by atoms with Crippen LogP contribution in [0.2, 0.25) is 0 Å². The highest BCUT2D eigenvalue weighted by molar-refractivity contribution is 5.81. The van der Waals surface area contributed by atoms with E-state index in [-0.39, 0.29) is 11.7 Å². The van der Waals surface area contributed by atoms with Crippen molar-refractivity contribution in [3.8, 4) is 0 Å². The third-order valence-corrected chi connectivity index (χ3v) is 4.02. The van der Waals surface area contributed by atoms with Gasteiger partial charge in [0, 0.05) is 12.3 Å². The van der Waals surface area contributed by atoms with Gasteiger partial charge in [-0.3, -0.25) is 4.79 Å². The molecule has 98 valence electrons. The highest BCUT2D eigenvalue weighted by atomic mass is 19.1. The number of halogens is 1. The number of benzene rings is 1. The van der Waals surface area contributed by atoms with Crippen molar-refractivity contribution in [3.63, 3.8) is 0 Å². The number of rotatable bonds is 4. The van der Waals surface area contributed by atoms with Crippen LogP contribution in [0.5, 0.6) is 0 Å². The van der Waals surface area contributed by atoms with Gasteiger partial charge in [0.15, 0.2) is 0 Å². The Morgan fingerprint density at radius 2 is 1.78 bits per heavy atom. The van der Waals surface area contributed by atoms with Gasteiger partial charge >= 0.3 is 0 Å². The Balaban J connectivity index is 1.90. The van der Waals surface area contributed by atoms with Gasteiger partial charge in [0.25, 0.3) is 0 Å². The number of ketones is 1. The highest BCUT2D eigenvalue weighted by Crippen LogP contribution is 2.36. The van der Waals surface area contributed by atoms with Crippen LogP contribution in [0.3, 0.4) is 0 Å². The van der Waals surface area contributed by atoms with Crippen LogP contribution in [0.15, 0.2) is 24.3 Å². The van der Waals surface area contributed by atoms with Crippen LogP contribution in [-0.4, -0.2) is 5.78 Å². The lowest BCUT2D eigenvalue weighted by atomic mass is 9.76. The van der Waals surface area contributed by atoms with Crippen molar-refractivity contribution < 1.29 is 9.18 Å². The maximum Gasteiger partial charge on any atom is 0.135 e. The number of hydrogen-bond acceptors (Lipinski definition) is 1. The van der Waals surface area contributed by atoms with E-state index in [0.717, 1.165) is 38.5 Å². The first-order valence-corrected chi connectivity index (χ1v) is 6.99. The molecule has 0 N–H and O–H groups in total. The number of Topliss-reactive ketones (excluding diaryl/α,β-unsaturated/α-hetero) is 1. The highest BCUT2D eigenvalue weighted by Gasteiger charge is 2.26. The Hall–Kier alpha value is -1.18. The fourth-order valence-corrected chi connectivity index (χ4v) is 2.93. The Bertz CT molecular complexity index is 388. The van der Waals surface area contributed by atoms with Crippen LogP contribution >= 0.6 is 0 Å². The lowest BCUT2D eigenvalue weighted by Crippen LogP contribution is -2.20. The van der Waals surface area contributed by atoms with E-state index in [0.29, 0.717) is 11.7 Å². The van der Waals surface area contributed by atoms with Crippen LogP contribution in [-0.2, 0) is 4.79 Å². The molecule has 0 saturated heterocycles. The molecular formula is C16H21FO. The molecule has 0 aromatic heterocycles. The van der Waals surface area contributed by atoms with Gasteiger partial charge in [-0.05, 0) is 55.7 Å². The zero-order valence-corrected chi connectivity index (χ0v) is 11.0. The van der Waals surface area contributed by atoms with E-state index in [2.05, 4.69) is 6.92 Å². The molecule has 0 atom stereocenters. The van der Waals surface area contributed by atoms with Crippen LogP contribution in [0.25, 0.3) is 0 Å². The zero-order valence-electron chi connectivity index (χ0n) is 11.0. The molecule has 0 unspecified atom stereocenters. The van der Waals surface area contributed by atoms with Crippen molar-refractivity contribution in [2.75, 3.05) is 0 Å². The minimum atomic E-state index is -0.175. The summed E-state index contributed by atoms with van der Waals surface area (Å²) < 4.78 is 12.9. The van der Waals surface area contributed by atoms with Gasteiger partial charge < -0.3 is 0 Å². The standard InChI is InChI=1S/C16H21FO/c1-2-3-16(18)14-6-4-12(5-7-14)13-8-10-15(17)11-9-13/h8-12,14H,2-7H2,1H3. The second kappa shape index (κ2) is 6.12. The van der Waals surface area contributed by atoms with E-state index in [1.54, 1.807) is 0 Å². The molecule has 1 saturated carbocycles. The predicted octanol–water partition coefficient (Wildman–Crippen LogP) is 4.47. The van der Waals surface area contributed by atoms with Gasteiger partial charge in [0.1, 0.15) is 11.6 Å². The Morgan fingerprint density at radius 1 is 1.17 bits per heavy atom. The molecule has 18 heavy (non-hydrogen) atoms. The summed E-state index contributed by atoms with van der Waals surface area (Å²) in [6.07, 6.45) is 5.81. The van der Waals surface area contributed by atoms with Gasteiger partial charge in [0.05, 0.1) is 0 Å². The smallest absolute Gasteiger partial charge is 0.135 e. The molecule has 0 heterocycles.